The van der Waals surface area contributed by atoms with Crippen LogP contribution in [0.1, 0.15) is 50.6 Å². The summed E-state index contributed by atoms with van der Waals surface area (Å²) in [6, 6.07) is 18.4. The maximum absolute atomic E-state index is 14.3. The lowest BCUT2D eigenvalue weighted by atomic mass is 9.94. The third kappa shape index (κ3) is 9.30. The standard InChI is InChI=1S/C47H48FN11O8/c1-28-41(54-59(32-9-4-3-5-10-32)42(28)53-47(65)51-37-26-55(19-20-66-2)25-36(37)29-7-6-8-31(48)21-29)30-23-49-46(50-24-30)57-17-15-56(16-18-57)40(61)27-67-33-11-12-34-35(22-33)45(64)58(44(34)63)38-13-14-39(60)52-43(38)62/h3-12,21-24,36-38H,13-20,25-27H2,1-2H3,(H2,51,53,65)(H,52,60,62)/t36-,37+,38?/m0/s1. The van der Waals surface area contributed by atoms with E-state index in [1.807, 2.05) is 48.2 Å². The van der Waals surface area contributed by atoms with Gasteiger partial charge >= 0.3 is 6.03 Å². The number of urea groups is 1. The lowest BCUT2D eigenvalue weighted by molar-refractivity contribution is -0.136. The predicted octanol–water partition coefficient (Wildman–Crippen LogP) is 3.14. The lowest BCUT2D eigenvalue weighted by Gasteiger charge is -2.34. The lowest BCUT2D eigenvalue weighted by Crippen LogP contribution is -2.54. The summed E-state index contributed by atoms with van der Waals surface area (Å²) in [5.74, 6) is -2.06. The molecule has 4 aliphatic heterocycles. The molecule has 3 N–H and O–H groups in total. The van der Waals surface area contributed by atoms with Gasteiger partial charge in [0.2, 0.25) is 17.8 Å². The van der Waals surface area contributed by atoms with Crippen LogP contribution in [-0.4, -0.2) is 148 Å². The highest BCUT2D eigenvalue weighted by atomic mass is 19.1. The minimum Gasteiger partial charge on any atom is -0.484 e. The number of carbonyl (C=O) groups excluding carboxylic acids is 6. The Labute approximate surface area is 384 Å². The fourth-order valence-corrected chi connectivity index (χ4v) is 9.03. The molecule has 19 nitrogen and oxygen atoms in total. The maximum Gasteiger partial charge on any atom is 0.320 e. The highest BCUT2D eigenvalue weighted by molar-refractivity contribution is 6.23. The molecular formula is C47H48FN11O8. The number of para-hydroxylation sites is 1. The molecule has 0 aliphatic carbocycles. The first-order valence-corrected chi connectivity index (χ1v) is 22.0. The number of rotatable bonds is 13. The van der Waals surface area contributed by atoms with Crippen molar-refractivity contribution in [2.24, 2.45) is 0 Å². The van der Waals surface area contributed by atoms with E-state index in [1.165, 1.54) is 30.3 Å². The zero-order chi connectivity index (χ0) is 46.8. The predicted molar refractivity (Wildman–Crippen MR) is 240 cm³/mol. The van der Waals surface area contributed by atoms with E-state index in [9.17, 15) is 33.2 Å². The molecule has 0 radical (unpaired) electrons. The van der Waals surface area contributed by atoms with E-state index in [2.05, 4.69) is 30.8 Å². The molecule has 2 aromatic heterocycles. The first-order valence-electron chi connectivity index (χ1n) is 22.0. The number of methoxy groups -OCH3 is 1. The molecular weight excluding hydrogens is 866 g/mol. The minimum atomic E-state index is -1.09. The highest BCUT2D eigenvalue weighted by Gasteiger charge is 2.45. The Kier molecular flexibility index (Phi) is 12.7. The van der Waals surface area contributed by atoms with Crippen LogP contribution in [0, 0.1) is 12.7 Å². The Morgan fingerprint density at radius 3 is 2.39 bits per heavy atom. The van der Waals surface area contributed by atoms with Crippen LogP contribution in [0.15, 0.2) is 85.2 Å². The quantitative estimate of drug-likeness (QED) is 0.145. The molecule has 67 heavy (non-hydrogen) atoms. The van der Waals surface area contributed by atoms with Gasteiger partial charge < -0.3 is 24.6 Å². The molecule has 7 amide bonds. The van der Waals surface area contributed by atoms with Crippen LogP contribution in [0.25, 0.3) is 16.9 Å². The molecule has 0 saturated carbocycles. The number of hydrogen-bond donors (Lipinski definition) is 3. The number of carbonyl (C=O) groups is 6. The normalized spacial score (nSPS) is 19.7. The summed E-state index contributed by atoms with van der Waals surface area (Å²) in [6.45, 7) is 5.60. The Bertz CT molecular complexity index is 2730. The van der Waals surface area contributed by atoms with Gasteiger partial charge in [0.25, 0.3) is 17.7 Å². The van der Waals surface area contributed by atoms with Crippen LogP contribution in [0.2, 0.25) is 0 Å². The van der Waals surface area contributed by atoms with Gasteiger partial charge in [-0.15, -0.1) is 0 Å². The van der Waals surface area contributed by atoms with Crippen LogP contribution in [0.3, 0.4) is 0 Å². The van der Waals surface area contributed by atoms with Crippen molar-refractivity contribution in [2.75, 3.05) is 76.4 Å². The van der Waals surface area contributed by atoms with E-state index in [0.717, 1.165) is 16.2 Å². The van der Waals surface area contributed by atoms with E-state index in [0.29, 0.717) is 81.0 Å². The topological polar surface area (TPSA) is 214 Å². The monoisotopic (exact) mass is 913 g/mol. The molecule has 346 valence electrons. The van der Waals surface area contributed by atoms with Crippen molar-refractivity contribution in [3.63, 3.8) is 0 Å². The van der Waals surface area contributed by atoms with Crippen molar-refractivity contribution in [1.29, 1.82) is 0 Å². The summed E-state index contributed by atoms with van der Waals surface area (Å²) in [5.41, 5.74) is 3.58. The number of anilines is 2. The Morgan fingerprint density at radius 1 is 0.896 bits per heavy atom. The first-order chi connectivity index (χ1) is 32.4. The van der Waals surface area contributed by atoms with E-state index >= 15 is 0 Å². The second-order valence-corrected chi connectivity index (χ2v) is 16.8. The van der Waals surface area contributed by atoms with Gasteiger partial charge in [0.05, 0.1) is 29.5 Å². The average Bonchev–Trinajstić information content (AvgIpc) is 3.97. The summed E-state index contributed by atoms with van der Waals surface area (Å²) in [7, 11) is 1.64. The van der Waals surface area contributed by atoms with Gasteiger partial charge in [-0.1, -0.05) is 30.3 Å². The Hall–Kier alpha value is -7.58. The van der Waals surface area contributed by atoms with E-state index in [4.69, 9.17) is 14.6 Å². The van der Waals surface area contributed by atoms with Crippen LogP contribution < -0.4 is 25.6 Å². The molecule has 5 aromatic rings. The van der Waals surface area contributed by atoms with E-state index < -0.39 is 35.7 Å². The fourth-order valence-electron chi connectivity index (χ4n) is 9.03. The molecule has 3 fully saturated rings. The van der Waals surface area contributed by atoms with E-state index in [-0.39, 0.29) is 60.0 Å². The number of likely N-dealkylation sites (tertiary alicyclic amines) is 1. The number of hydrogen-bond acceptors (Lipinski definition) is 13. The molecule has 20 heteroatoms. The largest absolute Gasteiger partial charge is 0.484 e. The number of piperazine rings is 1. The smallest absolute Gasteiger partial charge is 0.320 e. The number of benzene rings is 3. The molecule has 0 bridgehead atoms. The molecule has 3 saturated heterocycles. The summed E-state index contributed by atoms with van der Waals surface area (Å²) in [5, 5.41) is 13.3. The third-order valence-corrected chi connectivity index (χ3v) is 12.6. The molecule has 6 heterocycles. The highest BCUT2D eigenvalue weighted by Crippen LogP contribution is 2.33. The van der Waals surface area contributed by atoms with Crippen LogP contribution in [-0.2, 0) is 19.1 Å². The van der Waals surface area contributed by atoms with Crippen LogP contribution in [0.4, 0.5) is 21.0 Å². The number of fused-ring (bicyclic) bond motifs is 1. The molecule has 4 aliphatic rings. The number of imide groups is 2. The number of nitrogens with one attached hydrogen (secondary N) is 3. The summed E-state index contributed by atoms with van der Waals surface area (Å²) in [4.78, 5) is 93.4. The SMILES string of the molecule is COCCN1C[C@@H](NC(=O)Nc2c(C)c(-c3cnc(N4CCN(C(=O)COc5ccc6c(c5)C(=O)N(C5CCC(=O)NC5=O)C6=O)CC4)nc3)nn2-c2ccccc2)[C@H](c2cccc(F)c2)C1. The van der Waals surface area contributed by atoms with Crippen molar-refractivity contribution in [1.82, 2.24) is 45.1 Å². The summed E-state index contributed by atoms with van der Waals surface area (Å²) in [6.07, 6.45) is 3.41. The zero-order valence-corrected chi connectivity index (χ0v) is 36.8. The molecule has 9 rings (SSSR count). The van der Waals surface area contributed by atoms with Crippen molar-refractivity contribution in [2.45, 2.75) is 37.8 Å². The number of halogens is 1. The van der Waals surface area contributed by atoms with Crippen LogP contribution in [0.5, 0.6) is 5.75 Å². The molecule has 3 atom stereocenters. The van der Waals surface area contributed by atoms with Crippen molar-refractivity contribution in [3.05, 3.63) is 113 Å². The van der Waals surface area contributed by atoms with Gasteiger partial charge in [-0.2, -0.15) is 5.10 Å². The zero-order valence-electron chi connectivity index (χ0n) is 36.8. The van der Waals surface area contributed by atoms with E-state index in [1.54, 1.807) is 35.2 Å². The number of aromatic nitrogens is 4. The minimum absolute atomic E-state index is 0.0137. The first kappa shape index (κ1) is 44.6. The van der Waals surface area contributed by atoms with Gasteiger partial charge in [0, 0.05) is 88.8 Å². The van der Waals surface area contributed by atoms with Gasteiger partial charge in [-0.05, 0) is 61.4 Å². The second-order valence-electron chi connectivity index (χ2n) is 16.8. The third-order valence-electron chi connectivity index (χ3n) is 12.6. The van der Waals surface area contributed by atoms with Crippen molar-refractivity contribution in [3.8, 4) is 22.7 Å². The number of amides is 7. The maximum atomic E-state index is 14.3. The Balaban J connectivity index is 0.823. The molecule has 3 aromatic carbocycles. The Morgan fingerprint density at radius 2 is 1.66 bits per heavy atom. The van der Waals surface area contributed by atoms with Crippen molar-refractivity contribution < 1.29 is 42.6 Å². The van der Waals surface area contributed by atoms with Gasteiger partial charge in [-0.3, -0.25) is 44.4 Å². The van der Waals surface area contributed by atoms with Crippen LogP contribution >= 0.6 is 0 Å². The molecule has 0 spiro atoms. The van der Waals surface area contributed by atoms with Gasteiger partial charge in [0.15, 0.2) is 6.61 Å². The number of piperidine rings is 1. The second kappa shape index (κ2) is 19.1. The average molecular weight is 914 g/mol. The van der Waals surface area contributed by atoms with Gasteiger partial charge in [-0.25, -0.2) is 23.8 Å². The number of nitrogens with zero attached hydrogens (tertiary/aromatic N) is 8. The fraction of sp³-hybridized carbons (Fsp3) is 0.340. The van der Waals surface area contributed by atoms with Crippen molar-refractivity contribution >= 4 is 47.3 Å². The number of ether oxygens (including phenoxy) is 2. The van der Waals surface area contributed by atoms with Gasteiger partial charge in [0.1, 0.15) is 29.1 Å². The summed E-state index contributed by atoms with van der Waals surface area (Å²) >= 11 is 0. The summed E-state index contributed by atoms with van der Waals surface area (Å²) < 4.78 is 27.1. The molecule has 1 unspecified atom stereocenters.